The molecule has 2 N–H and O–H groups in total. The molecule has 2 heterocycles. The maximum absolute atomic E-state index is 11.6. The summed E-state index contributed by atoms with van der Waals surface area (Å²) in [7, 11) is 3.39. The topological polar surface area (TPSA) is 84.6 Å². The molecule has 0 amide bonds. The molecule has 2 aromatic rings. The smallest absolute Gasteiger partial charge is 0.333 e. The fourth-order valence-corrected chi connectivity index (χ4v) is 3.77. The van der Waals surface area contributed by atoms with Gasteiger partial charge in [0.1, 0.15) is 5.03 Å². The van der Waals surface area contributed by atoms with Crippen LogP contribution in [0, 0.1) is 0 Å². The first-order valence-electron chi connectivity index (χ1n) is 7.18. The van der Waals surface area contributed by atoms with Crippen LogP contribution in [0.2, 0.25) is 0 Å². The average Bonchev–Trinajstić information content (AvgIpc) is 2.87. The lowest BCUT2D eigenvalue weighted by Gasteiger charge is -2.06. The van der Waals surface area contributed by atoms with Gasteiger partial charge in [-0.1, -0.05) is 23.3 Å². The van der Waals surface area contributed by atoms with Crippen LogP contribution in [-0.4, -0.2) is 31.6 Å². The molecule has 0 bridgehead atoms. The van der Waals surface area contributed by atoms with E-state index >= 15 is 0 Å². The van der Waals surface area contributed by atoms with Crippen LogP contribution in [0.1, 0.15) is 25.7 Å². The lowest BCUT2D eigenvalue weighted by Crippen LogP contribution is -2.18. The Balaban J connectivity index is 1.53. The van der Waals surface area contributed by atoms with Crippen molar-refractivity contribution in [1.29, 1.82) is 0 Å². The number of aromatic hydroxyl groups is 2. The molecule has 0 aliphatic heterocycles. The molecular formula is C15H18N2O4S2. The van der Waals surface area contributed by atoms with Crippen molar-refractivity contribution in [2.45, 2.75) is 30.7 Å². The summed E-state index contributed by atoms with van der Waals surface area (Å²) in [5.74, 6) is -0.116. The van der Waals surface area contributed by atoms with Crippen molar-refractivity contribution in [3.8, 4) is 11.8 Å². The first-order valence-corrected chi connectivity index (χ1v) is 9.50. The molecule has 0 unspecified atom stereocenters. The van der Waals surface area contributed by atoms with E-state index in [0.29, 0.717) is 11.2 Å². The predicted octanol–water partition coefficient (Wildman–Crippen LogP) is 3.25. The highest BCUT2D eigenvalue weighted by Gasteiger charge is 2.11. The monoisotopic (exact) mass is 354 g/mol. The third-order valence-corrected chi connectivity index (χ3v) is 5.23. The van der Waals surface area contributed by atoms with Crippen LogP contribution in [0.3, 0.4) is 0 Å². The SMILES string of the molecule is O=C(CCCCCSSc1ccccn1)On1c(O)ccc1O. The second-order valence-corrected chi connectivity index (χ2v) is 7.13. The summed E-state index contributed by atoms with van der Waals surface area (Å²) >= 11 is 0. The van der Waals surface area contributed by atoms with Crippen molar-refractivity contribution < 1.29 is 19.8 Å². The zero-order chi connectivity index (χ0) is 16.5. The molecule has 6 nitrogen and oxygen atoms in total. The molecular weight excluding hydrogens is 336 g/mol. The fourth-order valence-electron chi connectivity index (χ4n) is 1.75. The molecule has 0 saturated carbocycles. The molecule has 0 fully saturated rings. The van der Waals surface area contributed by atoms with Crippen LogP contribution in [0.4, 0.5) is 0 Å². The normalized spacial score (nSPS) is 10.6. The maximum atomic E-state index is 11.6. The van der Waals surface area contributed by atoms with E-state index < -0.39 is 5.97 Å². The van der Waals surface area contributed by atoms with E-state index in [4.69, 9.17) is 4.84 Å². The number of carbonyl (C=O) groups excluding carboxylic acids is 1. The maximum Gasteiger partial charge on any atom is 0.333 e. The molecule has 0 aliphatic carbocycles. The number of hydrogen-bond donors (Lipinski definition) is 2. The molecule has 23 heavy (non-hydrogen) atoms. The van der Waals surface area contributed by atoms with Gasteiger partial charge in [-0.05, 0) is 35.8 Å². The highest BCUT2D eigenvalue weighted by atomic mass is 33.1. The number of rotatable bonds is 9. The van der Waals surface area contributed by atoms with E-state index in [1.165, 1.54) is 12.1 Å². The number of aromatic nitrogens is 2. The highest BCUT2D eigenvalue weighted by Crippen LogP contribution is 2.29. The van der Waals surface area contributed by atoms with E-state index in [2.05, 4.69) is 4.98 Å². The van der Waals surface area contributed by atoms with Crippen molar-refractivity contribution in [1.82, 2.24) is 9.71 Å². The van der Waals surface area contributed by atoms with Crippen LogP contribution < -0.4 is 4.84 Å². The standard InChI is InChI=1S/C15H18N2O4S2/c18-13-8-9-14(19)17(13)21-15(20)7-2-1-5-11-22-23-12-6-3-4-10-16-12/h3-4,6,8-10,18-19H,1-2,5,7,11H2. The van der Waals surface area contributed by atoms with Crippen molar-refractivity contribution in [2.24, 2.45) is 0 Å². The van der Waals surface area contributed by atoms with Crippen molar-refractivity contribution in [3.63, 3.8) is 0 Å². The minimum atomic E-state index is -0.484. The Hall–Kier alpha value is -1.80. The summed E-state index contributed by atoms with van der Waals surface area (Å²) < 4.78 is 0.710. The van der Waals surface area contributed by atoms with Crippen molar-refractivity contribution >= 4 is 27.6 Å². The summed E-state index contributed by atoms with van der Waals surface area (Å²) in [6.45, 7) is 0. The zero-order valence-corrected chi connectivity index (χ0v) is 14.1. The Morgan fingerprint density at radius 3 is 2.61 bits per heavy atom. The van der Waals surface area contributed by atoms with Gasteiger partial charge in [0.2, 0.25) is 11.8 Å². The molecule has 2 rings (SSSR count). The number of nitrogens with zero attached hydrogens (tertiary/aromatic N) is 2. The van der Waals surface area contributed by atoms with E-state index in [0.717, 1.165) is 23.6 Å². The Labute approximate surface area is 142 Å². The molecule has 0 aliphatic rings. The van der Waals surface area contributed by atoms with Gasteiger partial charge in [0, 0.05) is 30.5 Å². The van der Waals surface area contributed by atoms with Crippen LogP contribution >= 0.6 is 21.6 Å². The van der Waals surface area contributed by atoms with E-state index in [1.54, 1.807) is 27.8 Å². The molecule has 0 spiro atoms. The van der Waals surface area contributed by atoms with Crippen molar-refractivity contribution in [2.75, 3.05) is 5.75 Å². The highest BCUT2D eigenvalue weighted by molar-refractivity contribution is 8.76. The lowest BCUT2D eigenvalue weighted by molar-refractivity contribution is -0.145. The van der Waals surface area contributed by atoms with Gasteiger partial charge in [-0.25, -0.2) is 9.78 Å². The Morgan fingerprint density at radius 2 is 1.91 bits per heavy atom. The van der Waals surface area contributed by atoms with E-state index in [1.807, 2.05) is 18.2 Å². The molecule has 8 heteroatoms. The summed E-state index contributed by atoms with van der Waals surface area (Å²) in [5.41, 5.74) is 0. The van der Waals surface area contributed by atoms with Gasteiger partial charge in [0.15, 0.2) is 0 Å². The number of carbonyl (C=O) groups is 1. The minimum absolute atomic E-state index is 0.245. The van der Waals surface area contributed by atoms with Gasteiger partial charge in [-0.3, -0.25) is 0 Å². The molecule has 0 radical (unpaired) electrons. The Kier molecular flexibility index (Phi) is 7.15. The quantitative estimate of drug-likeness (QED) is 0.528. The van der Waals surface area contributed by atoms with Gasteiger partial charge < -0.3 is 15.1 Å². The third-order valence-electron chi connectivity index (χ3n) is 2.88. The first kappa shape index (κ1) is 17.6. The summed E-state index contributed by atoms with van der Waals surface area (Å²) in [6, 6.07) is 8.32. The van der Waals surface area contributed by atoms with Crippen LogP contribution in [0.25, 0.3) is 0 Å². The summed E-state index contributed by atoms with van der Waals surface area (Å²) in [5, 5.41) is 19.7. The van der Waals surface area contributed by atoms with Crippen molar-refractivity contribution in [3.05, 3.63) is 36.5 Å². The second-order valence-electron chi connectivity index (χ2n) is 4.69. The van der Waals surface area contributed by atoms with Gasteiger partial charge in [0.25, 0.3) is 0 Å². The Morgan fingerprint density at radius 1 is 1.13 bits per heavy atom. The molecule has 124 valence electrons. The molecule has 0 atom stereocenters. The van der Waals surface area contributed by atoms with Crippen LogP contribution in [0.5, 0.6) is 11.8 Å². The number of pyridine rings is 1. The van der Waals surface area contributed by atoms with E-state index in [-0.39, 0.29) is 18.2 Å². The molecule has 0 aromatic carbocycles. The van der Waals surface area contributed by atoms with Crippen LogP contribution in [0.15, 0.2) is 41.6 Å². The largest absolute Gasteiger partial charge is 0.492 e. The van der Waals surface area contributed by atoms with Gasteiger partial charge >= 0.3 is 5.97 Å². The molecule has 0 saturated heterocycles. The number of unbranched alkanes of at least 4 members (excludes halogenated alkanes) is 2. The average molecular weight is 354 g/mol. The zero-order valence-electron chi connectivity index (χ0n) is 12.4. The van der Waals surface area contributed by atoms with Crippen LogP contribution in [-0.2, 0) is 4.79 Å². The summed E-state index contributed by atoms with van der Waals surface area (Å²) in [6.07, 6.45) is 4.63. The Bertz CT molecular complexity index is 600. The fraction of sp³-hybridized carbons (Fsp3) is 0.333. The number of hydrogen-bond acceptors (Lipinski definition) is 7. The van der Waals surface area contributed by atoms with Gasteiger partial charge in [-0.15, -0.1) is 4.73 Å². The predicted molar refractivity (Wildman–Crippen MR) is 90.4 cm³/mol. The second kappa shape index (κ2) is 9.36. The van der Waals surface area contributed by atoms with Gasteiger partial charge in [0.05, 0.1) is 0 Å². The van der Waals surface area contributed by atoms with E-state index in [9.17, 15) is 15.0 Å². The molecule has 2 aromatic heterocycles. The first-order chi connectivity index (χ1) is 11.2. The third kappa shape index (κ3) is 6.07. The lowest BCUT2D eigenvalue weighted by atomic mass is 10.2. The van der Waals surface area contributed by atoms with Gasteiger partial charge in [-0.2, -0.15) is 0 Å². The summed E-state index contributed by atoms with van der Waals surface area (Å²) in [4.78, 5) is 20.7. The minimum Gasteiger partial charge on any atom is -0.492 e.